The summed E-state index contributed by atoms with van der Waals surface area (Å²) >= 11 is 0. The van der Waals surface area contributed by atoms with Crippen molar-refractivity contribution in [3.05, 3.63) is 0 Å². The summed E-state index contributed by atoms with van der Waals surface area (Å²) in [4.78, 5) is 14.7. The van der Waals surface area contributed by atoms with Crippen LogP contribution in [-0.2, 0) is 4.79 Å². The minimum absolute atomic E-state index is 0.205. The number of carbonyl (C=O) groups excluding carboxylic acids is 1. The third-order valence-corrected chi connectivity index (χ3v) is 5.43. The Kier molecular flexibility index (Phi) is 4.08. The first-order valence-corrected chi connectivity index (χ1v) is 7.94. The molecule has 0 saturated carbocycles. The number of fused-ring (bicyclic) bond motifs is 2. The molecule has 3 saturated heterocycles. The van der Waals surface area contributed by atoms with E-state index in [0.717, 1.165) is 44.6 Å². The normalized spacial score (nSPS) is 39.2. The fraction of sp³-hybridized carbons (Fsp3) is 0.933. The molecule has 0 aromatic carbocycles. The number of piperidine rings is 2. The van der Waals surface area contributed by atoms with E-state index in [1.54, 1.807) is 0 Å². The molecule has 3 aliphatic heterocycles. The van der Waals surface area contributed by atoms with Gasteiger partial charge in [0.05, 0.1) is 5.92 Å². The van der Waals surface area contributed by atoms with Crippen LogP contribution in [0.1, 0.15) is 38.5 Å². The molecular weight excluding hydrogens is 238 g/mol. The standard InChI is InChI=1S/C15H27N3O/c1-18-13-4-5-14(18)8-11(7-13)9-17-15(19)12-3-2-6-16-10-12/h11-14,16H,2-10H2,1H3,(H,17,19)/t11?,12-,13?,14?/m0/s1. The van der Waals surface area contributed by atoms with Gasteiger partial charge in [0, 0.05) is 25.2 Å². The SMILES string of the molecule is CN1C2CCC1CC(CNC(=O)[C@H]1CCCNC1)C2. The lowest BCUT2D eigenvalue weighted by Crippen LogP contribution is -2.45. The highest BCUT2D eigenvalue weighted by molar-refractivity contribution is 5.78. The maximum Gasteiger partial charge on any atom is 0.224 e. The van der Waals surface area contributed by atoms with Crippen molar-refractivity contribution in [1.29, 1.82) is 0 Å². The maximum absolute atomic E-state index is 12.1. The lowest BCUT2D eigenvalue weighted by molar-refractivity contribution is -0.125. The Bertz CT molecular complexity index is 313. The Hall–Kier alpha value is -0.610. The molecule has 0 aromatic heterocycles. The topological polar surface area (TPSA) is 44.4 Å². The monoisotopic (exact) mass is 265 g/mol. The maximum atomic E-state index is 12.1. The van der Waals surface area contributed by atoms with Gasteiger partial charge in [0.15, 0.2) is 0 Å². The van der Waals surface area contributed by atoms with Crippen LogP contribution in [0.25, 0.3) is 0 Å². The molecule has 3 atom stereocenters. The van der Waals surface area contributed by atoms with Crippen LogP contribution < -0.4 is 10.6 Å². The Labute approximate surface area is 116 Å². The van der Waals surface area contributed by atoms with Crippen LogP contribution in [0.15, 0.2) is 0 Å². The van der Waals surface area contributed by atoms with Crippen molar-refractivity contribution in [1.82, 2.24) is 15.5 Å². The summed E-state index contributed by atoms with van der Waals surface area (Å²) in [6, 6.07) is 1.55. The van der Waals surface area contributed by atoms with Gasteiger partial charge in [-0.15, -0.1) is 0 Å². The van der Waals surface area contributed by atoms with E-state index in [4.69, 9.17) is 0 Å². The second-order valence-electron chi connectivity index (χ2n) is 6.68. The fourth-order valence-corrected chi connectivity index (χ4v) is 4.16. The lowest BCUT2D eigenvalue weighted by Gasteiger charge is -2.36. The molecule has 2 bridgehead atoms. The lowest BCUT2D eigenvalue weighted by atomic mass is 9.90. The molecule has 2 N–H and O–H groups in total. The number of amides is 1. The molecule has 0 radical (unpaired) electrons. The van der Waals surface area contributed by atoms with E-state index in [9.17, 15) is 4.79 Å². The summed E-state index contributed by atoms with van der Waals surface area (Å²) in [7, 11) is 2.27. The van der Waals surface area contributed by atoms with Crippen LogP contribution in [-0.4, -0.2) is 49.6 Å². The average Bonchev–Trinajstić information content (AvgIpc) is 2.68. The van der Waals surface area contributed by atoms with Gasteiger partial charge in [-0.05, 0) is 58.0 Å². The minimum Gasteiger partial charge on any atom is -0.356 e. The second kappa shape index (κ2) is 5.80. The van der Waals surface area contributed by atoms with Crippen molar-refractivity contribution >= 4 is 5.91 Å². The smallest absolute Gasteiger partial charge is 0.224 e. The summed E-state index contributed by atoms with van der Waals surface area (Å²) in [6.45, 7) is 2.84. The average molecular weight is 265 g/mol. The van der Waals surface area contributed by atoms with E-state index in [1.165, 1.54) is 25.7 Å². The van der Waals surface area contributed by atoms with Gasteiger partial charge in [-0.25, -0.2) is 0 Å². The predicted octanol–water partition coefficient (Wildman–Crippen LogP) is 0.975. The molecule has 0 aliphatic carbocycles. The minimum atomic E-state index is 0.205. The third-order valence-electron chi connectivity index (χ3n) is 5.43. The number of nitrogens with one attached hydrogen (secondary N) is 2. The van der Waals surface area contributed by atoms with E-state index in [-0.39, 0.29) is 11.8 Å². The molecule has 19 heavy (non-hydrogen) atoms. The molecule has 0 spiro atoms. The highest BCUT2D eigenvalue weighted by Crippen LogP contribution is 2.37. The van der Waals surface area contributed by atoms with Crippen LogP contribution in [0.4, 0.5) is 0 Å². The zero-order chi connectivity index (χ0) is 13.2. The molecule has 2 unspecified atom stereocenters. The molecular formula is C15H27N3O. The highest BCUT2D eigenvalue weighted by Gasteiger charge is 2.38. The third kappa shape index (κ3) is 2.95. The number of hydrogen-bond donors (Lipinski definition) is 2. The predicted molar refractivity (Wildman–Crippen MR) is 75.9 cm³/mol. The summed E-state index contributed by atoms with van der Waals surface area (Å²) in [6.07, 6.45) is 7.46. The van der Waals surface area contributed by atoms with Gasteiger partial charge in [0.25, 0.3) is 0 Å². The molecule has 0 aromatic rings. The Morgan fingerprint density at radius 2 is 2.00 bits per heavy atom. The van der Waals surface area contributed by atoms with Crippen LogP contribution in [0.3, 0.4) is 0 Å². The number of rotatable bonds is 3. The van der Waals surface area contributed by atoms with Crippen molar-refractivity contribution in [2.24, 2.45) is 11.8 Å². The van der Waals surface area contributed by atoms with Gasteiger partial charge in [-0.1, -0.05) is 0 Å². The molecule has 3 heterocycles. The van der Waals surface area contributed by atoms with E-state index in [1.807, 2.05) is 0 Å². The molecule has 1 amide bonds. The summed E-state index contributed by atoms with van der Waals surface area (Å²) in [5.41, 5.74) is 0. The van der Waals surface area contributed by atoms with E-state index in [0.29, 0.717) is 5.92 Å². The van der Waals surface area contributed by atoms with E-state index < -0.39 is 0 Å². The van der Waals surface area contributed by atoms with Gasteiger partial charge in [0.1, 0.15) is 0 Å². The Morgan fingerprint density at radius 1 is 1.26 bits per heavy atom. The molecule has 3 fully saturated rings. The highest BCUT2D eigenvalue weighted by atomic mass is 16.1. The fourth-order valence-electron chi connectivity index (χ4n) is 4.16. The van der Waals surface area contributed by atoms with Crippen LogP contribution in [0.5, 0.6) is 0 Å². The summed E-state index contributed by atoms with van der Waals surface area (Å²) < 4.78 is 0. The van der Waals surface area contributed by atoms with Gasteiger partial charge in [0.2, 0.25) is 5.91 Å². The Balaban J connectivity index is 1.44. The number of hydrogen-bond acceptors (Lipinski definition) is 3. The first-order valence-electron chi connectivity index (χ1n) is 7.94. The molecule has 4 nitrogen and oxygen atoms in total. The van der Waals surface area contributed by atoms with E-state index in [2.05, 4.69) is 22.6 Å². The molecule has 3 aliphatic rings. The van der Waals surface area contributed by atoms with Gasteiger partial charge in [-0.2, -0.15) is 0 Å². The van der Waals surface area contributed by atoms with E-state index >= 15 is 0 Å². The molecule has 108 valence electrons. The second-order valence-corrected chi connectivity index (χ2v) is 6.68. The van der Waals surface area contributed by atoms with Crippen LogP contribution >= 0.6 is 0 Å². The van der Waals surface area contributed by atoms with Crippen molar-refractivity contribution in [2.75, 3.05) is 26.7 Å². The first-order chi connectivity index (χ1) is 9.24. The number of nitrogens with zero attached hydrogens (tertiary/aromatic N) is 1. The van der Waals surface area contributed by atoms with Gasteiger partial charge < -0.3 is 15.5 Å². The van der Waals surface area contributed by atoms with Gasteiger partial charge >= 0.3 is 0 Å². The Morgan fingerprint density at radius 3 is 2.63 bits per heavy atom. The molecule has 4 heteroatoms. The first kappa shape index (κ1) is 13.4. The zero-order valence-corrected chi connectivity index (χ0v) is 12.0. The molecule has 3 rings (SSSR count). The van der Waals surface area contributed by atoms with Crippen molar-refractivity contribution in [2.45, 2.75) is 50.6 Å². The number of carbonyl (C=O) groups is 1. The quantitative estimate of drug-likeness (QED) is 0.799. The zero-order valence-electron chi connectivity index (χ0n) is 12.0. The van der Waals surface area contributed by atoms with Crippen LogP contribution in [0, 0.1) is 11.8 Å². The summed E-state index contributed by atoms with van der Waals surface area (Å²) in [5, 5.41) is 6.52. The van der Waals surface area contributed by atoms with Gasteiger partial charge in [-0.3, -0.25) is 4.79 Å². The van der Waals surface area contributed by atoms with Crippen LogP contribution in [0.2, 0.25) is 0 Å². The van der Waals surface area contributed by atoms with Crippen molar-refractivity contribution in [3.8, 4) is 0 Å². The largest absolute Gasteiger partial charge is 0.356 e. The van der Waals surface area contributed by atoms with Crippen molar-refractivity contribution in [3.63, 3.8) is 0 Å². The van der Waals surface area contributed by atoms with Crippen molar-refractivity contribution < 1.29 is 4.79 Å². The summed E-state index contributed by atoms with van der Waals surface area (Å²) in [5.74, 6) is 1.18.